The van der Waals surface area contributed by atoms with Gasteiger partial charge < -0.3 is 5.32 Å². The van der Waals surface area contributed by atoms with Crippen LogP contribution in [0.2, 0.25) is 0 Å². The fourth-order valence-corrected chi connectivity index (χ4v) is 3.41. The van der Waals surface area contributed by atoms with E-state index in [9.17, 15) is 4.79 Å². The van der Waals surface area contributed by atoms with Crippen LogP contribution in [0.5, 0.6) is 0 Å². The van der Waals surface area contributed by atoms with Gasteiger partial charge in [-0.25, -0.2) is 0 Å². The molecule has 0 atom stereocenters. The third-order valence-corrected chi connectivity index (χ3v) is 4.86. The van der Waals surface area contributed by atoms with Crippen molar-refractivity contribution in [2.75, 3.05) is 11.1 Å². The molecule has 1 amide bonds. The van der Waals surface area contributed by atoms with E-state index in [1.165, 1.54) is 41.5 Å². The summed E-state index contributed by atoms with van der Waals surface area (Å²) in [6.07, 6.45) is 3.49. The summed E-state index contributed by atoms with van der Waals surface area (Å²) in [6.45, 7) is 4.09. The fraction of sp³-hybridized carbons (Fsp3) is 0.400. The molecule has 0 fully saturated rings. The van der Waals surface area contributed by atoms with Crippen LogP contribution in [0.1, 0.15) is 30.3 Å². The largest absolute Gasteiger partial charge is 0.325 e. The quantitative estimate of drug-likeness (QED) is 0.785. The summed E-state index contributed by atoms with van der Waals surface area (Å²) in [4.78, 5) is 11.9. The molecule has 2 rings (SSSR count). The van der Waals surface area contributed by atoms with Crippen molar-refractivity contribution >= 4 is 34.7 Å². The Labute approximate surface area is 133 Å². The molecule has 0 saturated carbocycles. The second kappa shape index (κ2) is 8.14. The zero-order valence-corrected chi connectivity index (χ0v) is 13.9. The van der Waals surface area contributed by atoms with Gasteiger partial charge in [-0.05, 0) is 37.5 Å². The standard InChI is InChI=1S/C15H19N3OS2/c1-3-4-5-12-6-8-13(9-7-12)16-14(19)10-20-15-18-17-11(2)21-15/h6-9H,3-5,10H2,1-2H3,(H,16,19). The van der Waals surface area contributed by atoms with E-state index in [4.69, 9.17) is 0 Å². The molecular weight excluding hydrogens is 302 g/mol. The van der Waals surface area contributed by atoms with Gasteiger partial charge in [-0.15, -0.1) is 10.2 Å². The highest BCUT2D eigenvalue weighted by molar-refractivity contribution is 8.01. The Morgan fingerprint density at radius 3 is 2.67 bits per heavy atom. The lowest BCUT2D eigenvalue weighted by atomic mass is 10.1. The molecule has 0 bridgehead atoms. The first-order valence-electron chi connectivity index (χ1n) is 6.99. The average molecular weight is 321 g/mol. The van der Waals surface area contributed by atoms with Gasteiger partial charge in [0.25, 0.3) is 0 Å². The highest BCUT2D eigenvalue weighted by atomic mass is 32.2. The maximum atomic E-state index is 11.9. The summed E-state index contributed by atoms with van der Waals surface area (Å²) in [5, 5.41) is 11.7. The Morgan fingerprint density at radius 2 is 2.05 bits per heavy atom. The van der Waals surface area contributed by atoms with E-state index >= 15 is 0 Å². The van der Waals surface area contributed by atoms with Crippen LogP contribution in [0.15, 0.2) is 28.6 Å². The number of aryl methyl sites for hydroxylation is 2. The molecule has 0 saturated heterocycles. The third-order valence-electron chi connectivity index (χ3n) is 2.89. The van der Waals surface area contributed by atoms with Crippen LogP contribution < -0.4 is 5.32 Å². The molecule has 1 heterocycles. The minimum Gasteiger partial charge on any atom is -0.325 e. The average Bonchev–Trinajstić information content (AvgIpc) is 2.90. The van der Waals surface area contributed by atoms with Crippen molar-refractivity contribution in [1.29, 1.82) is 0 Å². The Morgan fingerprint density at radius 1 is 1.29 bits per heavy atom. The van der Waals surface area contributed by atoms with E-state index in [1.807, 2.05) is 19.1 Å². The number of hydrogen-bond donors (Lipinski definition) is 1. The van der Waals surface area contributed by atoms with Gasteiger partial charge in [-0.2, -0.15) is 0 Å². The molecule has 2 aromatic rings. The number of aromatic nitrogens is 2. The van der Waals surface area contributed by atoms with E-state index in [-0.39, 0.29) is 5.91 Å². The van der Waals surface area contributed by atoms with Gasteiger partial charge in [0.1, 0.15) is 5.01 Å². The third kappa shape index (κ3) is 5.47. The van der Waals surface area contributed by atoms with Gasteiger partial charge in [0.2, 0.25) is 5.91 Å². The number of amides is 1. The molecule has 1 aromatic carbocycles. The number of carbonyl (C=O) groups is 1. The van der Waals surface area contributed by atoms with Gasteiger partial charge in [0, 0.05) is 5.69 Å². The molecule has 1 aromatic heterocycles. The van der Waals surface area contributed by atoms with E-state index in [0.717, 1.165) is 21.5 Å². The number of hydrogen-bond acceptors (Lipinski definition) is 5. The van der Waals surface area contributed by atoms with Gasteiger partial charge in [-0.1, -0.05) is 48.6 Å². The lowest BCUT2D eigenvalue weighted by molar-refractivity contribution is -0.113. The molecule has 0 unspecified atom stereocenters. The number of unbranched alkanes of at least 4 members (excludes halogenated alkanes) is 1. The van der Waals surface area contributed by atoms with Crippen LogP contribution in [0.25, 0.3) is 0 Å². The Hall–Kier alpha value is -1.40. The monoisotopic (exact) mass is 321 g/mol. The Bertz CT molecular complexity index is 581. The zero-order chi connectivity index (χ0) is 15.1. The molecule has 4 nitrogen and oxygen atoms in total. The number of anilines is 1. The maximum Gasteiger partial charge on any atom is 0.234 e. The van der Waals surface area contributed by atoms with Crippen molar-refractivity contribution in [3.05, 3.63) is 34.8 Å². The number of carbonyl (C=O) groups excluding carboxylic acids is 1. The molecular formula is C15H19N3OS2. The molecule has 0 aliphatic rings. The Balaban J connectivity index is 1.79. The zero-order valence-electron chi connectivity index (χ0n) is 12.3. The first kappa shape index (κ1) is 16.0. The summed E-state index contributed by atoms with van der Waals surface area (Å²) in [6, 6.07) is 8.07. The number of nitrogens with zero attached hydrogens (tertiary/aromatic N) is 2. The van der Waals surface area contributed by atoms with Crippen LogP contribution in [0, 0.1) is 6.92 Å². The molecule has 112 valence electrons. The topological polar surface area (TPSA) is 54.9 Å². The number of rotatable bonds is 7. The summed E-state index contributed by atoms with van der Waals surface area (Å²) in [7, 11) is 0. The lowest BCUT2D eigenvalue weighted by Gasteiger charge is -2.05. The second-order valence-corrected chi connectivity index (χ2v) is 7.13. The van der Waals surface area contributed by atoms with Gasteiger partial charge in [0.05, 0.1) is 5.75 Å². The van der Waals surface area contributed by atoms with Crippen molar-refractivity contribution in [2.24, 2.45) is 0 Å². The number of nitrogens with one attached hydrogen (secondary N) is 1. The van der Waals surface area contributed by atoms with Crippen molar-refractivity contribution in [2.45, 2.75) is 37.4 Å². The second-order valence-electron chi connectivity index (χ2n) is 4.72. The summed E-state index contributed by atoms with van der Waals surface area (Å²) in [5.74, 6) is 0.334. The summed E-state index contributed by atoms with van der Waals surface area (Å²) in [5.41, 5.74) is 2.16. The van der Waals surface area contributed by atoms with Crippen LogP contribution in [0.3, 0.4) is 0 Å². The minimum atomic E-state index is -0.0193. The molecule has 6 heteroatoms. The molecule has 0 spiro atoms. The van der Waals surface area contributed by atoms with Gasteiger partial charge in [0.15, 0.2) is 4.34 Å². The number of thioether (sulfide) groups is 1. The van der Waals surface area contributed by atoms with Crippen molar-refractivity contribution in [3.8, 4) is 0 Å². The predicted molar refractivity (Wildman–Crippen MR) is 89.1 cm³/mol. The predicted octanol–water partition coefficient (Wildman–Crippen LogP) is 3.92. The van der Waals surface area contributed by atoms with Crippen LogP contribution in [-0.4, -0.2) is 21.9 Å². The van der Waals surface area contributed by atoms with E-state index in [2.05, 4.69) is 34.6 Å². The highest BCUT2D eigenvalue weighted by Gasteiger charge is 2.07. The van der Waals surface area contributed by atoms with Crippen molar-refractivity contribution in [3.63, 3.8) is 0 Å². The Kier molecular flexibility index (Phi) is 6.20. The molecule has 0 aliphatic carbocycles. The minimum absolute atomic E-state index is 0.0193. The maximum absolute atomic E-state index is 11.9. The first-order valence-corrected chi connectivity index (χ1v) is 8.79. The van der Waals surface area contributed by atoms with Crippen molar-refractivity contribution < 1.29 is 4.79 Å². The van der Waals surface area contributed by atoms with Crippen LogP contribution in [-0.2, 0) is 11.2 Å². The van der Waals surface area contributed by atoms with Gasteiger partial charge in [-0.3, -0.25) is 4.79 Å². The normalized spacial score (nSPS) is 10.6. The molecule has 0 radical (unpaired) electrons. The fourth-order valence-electron chi connectivity index (χ4n) is 1.80. The molecule has 0 aliphatic heterocycles. The molecule has 21 heavy (non-hydrogen) atoms. The van der Waals surface area contributed by atoms with E-state index < -0.39 is 0 Å². The van der Waals surface area contributed by atoms with Crippen LogP contribution >= 0.6 is 23.1 Å². The first-order chi connectivity index (χ1) is 10.2. The smallest absolute Gasteiger partial charge is 0.234 e. The SMILES string of the molecule is CCCCc1ccc(NC(=O)CSc2nnc(C)s2)cc1. The van der Waals surface area contributed by atoms with E-state index in [1.54, 1.807) is 0 Å². The van der Waals surface area contributed by atoms with Gasteiger partial charge >= 0.3 is 0 Å². The summed E-state index contributed by atoms with van der Waals surface area (Å²) >= 11 is 2.92. The highest BCUT2D eigenvalue weighted by Crippen LogP contribution is 2.22. The number of benzene rings is 1. The lowest BCUT2D eigenvalue weighted by Crippen LogP contribution is -2.13. The molecule has 1 N–H and O–H groups in total. The van der Waals surface area contributed by atoms with Crippen LogP contribution in [0.4, 0.5) is 5.69 Å². The van der Waals surface area contributed by atoms with E-state index in [0.29, 0.717) is 5.75 Å². The summed E-state index contributed by atoms with van der Waals surface area (Å²) < 4.78 is 0.831. The van der Waals surface area contributed by atoms with Crippen molar-refractivity contribution in [1.82, 2.24) is 10.2 Å².